The van der Waals surface area contributed by atoms with Gasteiger partial charge in [-0.25, -0.2) is 8.78 Å². The maximum absolute atomic E-state index is 13.5. The highest BCUT2D eigenvalue weighted by Crippen LogP contribution is 2.39. The summed E-state index contributed by atoms with van der Waals surface area (Å²) in [5.41, 5.74) is 6.88. The summed E-state index contributed by atoms with van der Waals surface area (Å²) in [7, 11) is 0. The van der Waals surface area contributed by atoms with Crippen molar-refractivity contribution in [1.82, 2.24) is 0 Å². The van der Waals surface area contributed by atoms with Gasteiger partial charge >= 0.3 is 0 Å². The fourth-order valence-electron chi connectivity index (χ4n) is 2.43. The van der Waals surface area contributed by atoms with Crippen LogP contribution in [0.1, 0.15) is 30.9 Å². The largest absolute Gasteiger partial charge is 0.330 e. The van der Waals surface area contributed by atoms with Crippen molar-refractivity contribution in [3.05, 3.63) is 71.3 Å². The van der Waals surface area contributed by atoms with E-state index in [1.807, 2.05) is 19.9 Å². The molecule has 1 unspecified atom stereocenters. The molecule has 0 aromatic heterocycles. The van der Waals surface area contributed by atoms with Crippen LogP contribution in [0.3, 0.4) is 0 Å². The van der Waals surface area contributed by atoms with Gasteiger partial charge in [-0.2, -0.15) is 0 Å². The van der Waals surface area contributed by atoms with E-state index >= 15 is 0 Å². The van der Waals surface area contributed by atoms with Gasteiger partial charge in [0.25, 0.3) is 0 Å². The number of nitrogens with two attached hydrogens (primary N) is 1. The average molecular weight is 273 g/mol. The Labute approximate surface area is 118 Å². The molecule has 2 aromatic carbocycles. The standard InChI is InChI=1S/C17H17F2N/c1-17(2,11-20)16(12-5-3-7-14(18)9-12)13-6-4-8-15(19)10-13/h3,5,7-10,16H,11,20H2,1-2H3. The monoisotopic (exact) mass is 273 g/mol. The SMILES string of the molecule is CC(C)(CN)C(c1c#ccc(F)c1)c1cccc(F)c1. The lowest BCUT2D eigenvalue weighted by atomic mass is 9.71. The first-order valence-electron chi connectivity index (χ1n) is 6.48. The third-order valence-electron chi connectivity index (χ3n) is 3.52. The number of rotatable bonds is 4. The molecule has 0 bridgehead atoms. The molecule has 2 aromatic rings. The Morgan fingerprint density at radius 3 is 2.55 bits per heavy atom. The summed E-state index contributed by atoms with van der Waals surface area (Å²) in [5, 5.41) is 0. The van der Waals surface area contributed by atoms with Crippen LogP contribution in [0.15, 0.2) is 36.4 Å². The lowest BCUT2D eigenvalue weighted by Gasteiger charge is -2.33. The molecule has 2 rings (SSSR count). The van der Waals surface area contributed by atoms with Crippen LogP contribution in [0.4, 0.5) is 8.78 Å². The molecule has 0 aliphatic heterocycles. The van der Waals surface area contributed by atoms with Crippen molar-refractivity contribution in [2.24, 2.45) is 11.1 Å². The summed E-state index contributed by atoms with van der Waals surface area (Å²) in [6.07, 6.45) is 0. The van der Waals surface area contributed by atoms with E-state index in [0.29, 0.717) is 12.1 Å². The van der Waals surface area contributed by atoms with E-state index in [2.05, 4.69) is 12.1 Å². The molecule has 0 saturated carbocycles. The van der Waals surface area contributed by atoms with Crippen molar-refractivity contribution in [2.75, 3.05) is 6.54 Å². The van der Waals surface area contributed by atoms with Crippen LogP contribution in [0.25, 0.3) is 0 Å². The van der Waals surface area contributed by atoms with Gasteiger partial charge in [0.15, 0.2) is 0 Å². The maximum Gasteiger partial charge on any atom is 0.132 e. The molecule has 104 valence electrons. The Hall–Kier alpha value is -1.92. The van der Waals surface area contributed by atoms with Crippen molar-refractivity contribution in [3.63, 3.8) is 0 Å². The van der Waals surface area contributed by atoms with Crippen molar-refractivity contribution in [1.29, 1.82) is 0 Å². The minimum atomic E-state index is -0.382. The molecule has 3 heteroatoms. The first kappa shape index (κ1) is 14.5. The predicted molar refractivity (Wildman–Crippen MR) is 75.2 cm³/mol. The lowest BCUT2D eigenvalue weighted by molar-refractivity contribution is 0.328. The Kier molecular flexibility index (Phi) is 4.06. The van der Waals surface area contributed by atoms with Crippen LogP contribution < -0.4 is 5.73 Å². The Balaban J connectivity index is 2.56. The summed E-state index contributed by atoms with van der Waals surface area (Å²) in [6, 6.07) is 14.5. The van der Waals surface area contributed by atoms with Crippen LogP contribution in [0.5, 0.6) is 0 Å². The highest BCUT2D eigenvalue weighted by atomic mass is 19.1. The minimum absolute atomic E-state index is 0.241. The Bertz CT molecular complexity index is 548. The second-order valence-electron chi connectivity index (χ2n) is 5.58. The van der Waals surface area contributed by atoms with E-state index in [0.717, 1.165) is 5.56 Å². The van der Waals surface area contributed by atoms with Gasteiger partial charge in [-0.05, 0) is 35.7 Å². The van der Waals surface area contributed by atoms with Gasteiger partial charge in [0.05, 0.1) is 0 Å². The predicted octanol–water partition coefficient (Wildman–Crippen LogP) is 3.68. The van der Waals surface area contributed by atoms with Gasteiger partial charge in [-0.1, -0.05) is 38.1 Å². The third-order valence-corrected chi connectivity index (χ3v) is 3.52. The van der Waals surface area contributed by atoms with Crippen LogP contribution in [0, 0.1) is 29.2 Å². The quantitative estimate of drug-likeness (QED) is 0.903. The third kappa shape index (κ3) is 2.97. The van der Waals surface area contributed by atoms with Crippen molar-refractivity contribution in [2.45, 2.75) is 19.8 Å². The Morgan fingerprint density at radius 2 is 1.95 bits per heavy atom. The zero-order chi connectivity index (χ0) is 14.8. The van der Waals surface area contributed by atoms with Crippen molar-refractivity contribution < 1.29 is 8.78 Å². The van der Waals surface area contributed by atoms with Crippen LogP contribution >= 0.6 is 0 Å². The van der Waals surface area contributed by atoms with Gasteiger partial charge in [-0.3, -0.25) is 0 Å². The van der Waals surface area contributed by atoms with Crippen molar-refractivity contribution in [3.8, 4) is 0 Å². The van der Waals surface area contributed by atoms with Gasteiger partial charge in [0.1, 0.15) is 11.6 Å². The second-order valence-corrected chi connectivity index (χ2v) is 5.58. The molecule has 0 aliphatic carbocycles. The molecule has 0 radical (unpaired) electrons. The molecule has 1 nitrogen and oxygen atoms in total. The smallest absolute Gasteiger partial charge is 0.132 e. The zero-order valence-electron chi connectivity index (χ0n) is 11.6. The normalized spacial score (nSPS) is 11.5. The van der Waals surface area contributed by atoms with Crippen molar-refractivity contribution >= 4 is 0 Å². The number of halogens is 2. The van der Waals surface area contributed by atoms with Gasteiger partial charge in [0.2, 0.25) is 0 Å². The van der Waals surface area contributed by atoms with Crippen LogP contribution in [-0.2, 0) is 0 Å². The molecule has 0 spiro atoms. The van der Waals surface area contributed by atoms with E-state index in [1.165, 1.54) is 24.3 Å². The number of hydrogen-bond acceptors (Lipinski definition) is 1. The summed E-state index contributed by atoms with van der Waals surface area (Å²) in [4.78, 5) is 0. The number of hydrogen-bond donors (Lipinski definition) is 1. The van der Waals surface area contributed by atoms with Gasteiger partial charge < -0.3 is 5.73 Å². The summed E-state index contributed by atoms with van der Waals surface area (Å²) in [6.45, 7) is 4.33. The molecule has 0 fully saturated rings. The van der Waals surface area contributed by atoms with E-state index < -0.39 is 0 Å². The van der Waals surface area contributed by atoms with E-state index in [4.69, 9.17) is 5.73 Å². The summed E-state index contributed by atoms with van der Waals surface area (Å²) in [5.74, 6) is -0.941. The minimum Gasteiger partial charge on any atom is -0.330 e. The van der Waals surface area contributed by atoms with E-state index in [1.54, 1.807) is 6.07 Å². The van der Waals surface area contributed by atoms with Gasteiger partial charge in [0, 0.05) is 17.5 Å². The molecule has 0 saturated heterocycles. The molecule has 0 aliphatic rings. The highest BCUT2D eigenvalue weighted by molar-refractivity contribution is 5.33. The fourth-order valence-corrected chi connectivity index (χ4v) is 2.43. The second kappa shape index (κ2) is 5.60. The molecular weight excluding hydrogens is 256 g/mol. The first-order valence-corrected chi connectivity index (χ1v) is 6.48. The summed E-state index contributed by atoms with van der Waals surface area (Å²) < 4.78 is 26.9. The molecule has 0 heterocycles. The first-order chi connectivity index (χ1) is 9.44. The van der Waals surface area contributed by atoms with E-state index in [9.17, 15) is 8.78 Å². The Morgan fingerprint density at radius 1 is 1.20 bits per heavy atom. The molecular formula is C17H17F2N. The van der Waals surface area contributed by atoms with E-state index in [-0.39, 0.29) is 23.0 Å². The van der Waals surface area contributed by atoms with Gasteiger partial charge in [-0.15, -0.1) is 0 Å². The molecule has 0 amide bonds. The average Bonchev–Trinajstić information content (AvgIpc) is 2.39. The molecule has 20 heavy (non-hydrogen) atoms. The van der Waals surface area contributed by atoms with Crippen LogP contribution in [-0.4, -0.2) is 6.54 Å². The molecule has 1 atom stereocenters. The zero-order valence-corrected chi connectivity index (χ0v) is 11.6. The maximum atomic E-state index is 13.5. The highest BCUT2D eigenvalue weighted by Gasteiger charge is 2.31. The van der Waals surface area contributed by atoms with Crippen LogP contribution in [0.2, 0.25) is 0 Å². The molecule has 2 N–H and O–H groups in total. The topological polar surface area (TPSA) is 26.0 Å². The summed E-state index contributed by atoms with van der Waals surface area (Å²) >= 11 is 0. The number of benzene rings is 1. The fraction of sp³-hybridized carbons (Fsp3) is 0.294. The lowest BCUT2D eigenvalue weighted by Crippen LogP contribution is -2.31.